The van der Waals surface area contributed by atoms with E-state index in [2.05, 4.69) is 32.9 Å². The average molecular weight is 233 g/mol. The maximum atomic E-state index is 5.15. The van der Waals surface area contributed by atoms with Crippen LogP contribution in [0.2, 0.25) is 0 Å². The lowest BCUT2D eigenvalue weighted by Gasteiger charge is -2.13. The van der Waals surface area contributed by atoms with E-state index in [4.69, 9.17) is 4.74 Å². The number of methoxy groups -OCH3 is 1. The first-order chi connectivity index (χ1) is 8.11. The van der Waals surface area contributed by atoms with Crippen molar-refractivity contribution in [2.75, 3.05) is 7.11 Å². The maximum absolute atomic E-state index is 5.15. The Hall–Kier alpha value is -0.980. The van der Waals surface area contributed by atoms with Crippen molar-refractivity contribution in [3.8, 4) is 5.75 Å². The molecule has 1 unspecified atom stereocenters. The Labute approximate surface area is 106 Å². The molecule has 0 saturated carbocycles. The predicted molar refractivity (Wildman–Crippen MR) is 74.2 cm³/mol. The van der Waals surface area contributed by atoms with Crippen LogP contribution >= 0.6 is 0 Å². The van der Waals surface area contributed by atoms with Crippen LogP contribution in [0.15, 0.2) is 24.3 Å². The quantitative estimate of drug-likeness (QED) is 0.673. The first kappa shape index (κ1) is 14.1. The number of benzene rings is 1. The molecule has 0 amide bonds. The van der Waals surface area contributed by atoms with Gasteiger partial charge in [0.05, 0.1) is 7.11 Å². The minimum Gasteiger partial charge on any atom is -0.497 e. The van der Waals surface area contributed by atoms with Gasteiger partial charge in [0, 0.05) is 0 Å². The highest BCUT2D eigenvalue weighted by atomic mass is 16.5. The molecule has 0 spiro atoms. The molecule has 0 aliphatic heterocycles. The minimum absolute atomic E-state index is 0.605. The molecule has 0 saturated heterocycles. The van der Waals surface area contributed by atoms with Gasteiger partial charge in [-0.15, -0.1) is 0 Å². The van der Waals surface area contributed by atoms with E-state index in [-0.39, 0.29) is 0 Å². The summed E-state index contributed by atoms with van der Waals surface area (Å²) in [4.78, 5) is 0. The summed E-state index contributed by atoms with van der Waals surface area (Å²) < 4.78 is 5.15. The van der Waals surface area contributed by atoms with Crippen LogP contribution in [0.5, 0.6) is 5.75 Å². The highest BCUT2D eigenvalue weighted by Crippen LogP contribution is 2.18. The lowest BCUT2D eigenvalue weighted by molar-refractivity contribution is 0.414. The molecule has 0 aliphatic carbocycles. The summed E-state index contributed by atoms with van der Waals surface area (Å²) in [5.41, 5.74) is 1.39. The van der Waals surface area contributed by atoms with Crippen LogP contribution in [-0.4, -0.2) is 7.11 Å². The molecule has 95 valence electrons. The van der Waals surface area contributed by atoms with E-state index in [9.17, 15) is 0 Å². The fourth-order valence-electron chi connectivity index (χ4n) is 2.17. The third-order valence-corrected chi connectivity index (χ3v) is 3.04. The molecule has 0 heterocycles. The number of ether oxygens (including phenoxy) is 1. The highest BCUT2D eigenvalue weighted by Gasteiger charge is 2.05. The van der Waals surface area contributed by atoms with Crippen LogP contribution in [0.4, 0.5) is 0 Å². The fourth-order valence-corrected chi connectivity index (χ4v) is 2.17. The molecule has 1 nitrogen and oxygen atoms in total. The van der Waals surface area contributed by atoms with Gasteiger partial charge in [0.2, 0.25) is 0 Å². The molecular weight excluding hydrogens is 208 g/mol. The average Bonchev–Trinajstić information content (AvgIpc) is 2.29. The molecule has 1 aromatic carbocycles. The van der Waals surface area contributed by atoms with E-state index in [1.807, 2.05) is 12.1 Å². The Morgan fingerprint density at radius 3 is 2.35 bits per heavy atom. The standard InChI is InChI=1S/C16H25O/c1-13(2)12-14(3)6-5-7-15-8-10-16(17-4)11-9-15/h8-11,13-14H,3,5-7,12H2,1-2,4H3. The Morgan fingerprint density at radius 2 is 1.82 bits per heavy atom. The second kappa shape index (κ2) is 7.37. The van der Waals surface area contributed by atoms with Crippen molar-refractivity contribution in [1.82, 2.24) is 0 Å². The summed E-state index contributed by atoms with van der Waals surface area (Å²) in [5.74, 6) is 2.30. The van der Waals surface area contributed by atoms with Gasteiger partial charge >= 0.3 is 0 Å². The van der Waals surface area contributed by atoms with E-state index in [0.29, 0.717) is 5.92 Å². The fraction of sp³-hybridized carbons (Fsp3) is 0.562. The topological polar surface area (TPSA) is 9.23 Å². The van der Waals surface area contributed by atoms with Crippen molar-refractivity contribution in [3.05, 3.63) is 36.8 Å². The number of aryl methyl sites for hydroxylation is 1. The van der Waals surface area contributed by atoms with E-state index in [1.54, 1.807) is 7.11 Å². The Morgan fingerprint density at radius 1 is 1.18 bits per heavy atom. The summed E-state index contributed by atoms with van der Waals surface area (Å²) in [7, 11) is 1.70. The Balaban J connectivity index is 2.25. The van der Waals surface area contributed by atoms with Crippen molar-refractivity contribution in [1.29, 1.82) is 0 Å². The molecule has 1 heteroatoms. The van der Waals surface area contributed by atoms with Crippen LogP contribution in [0.1, 0.15) is 38.7 Å². The van der Waals surface area contributed by atoms with Crippen molar-refractivity contribution in [3.63, 3.8) is 0 Å². The molecule has 0 aromatic heterocycles. The van der Waals surface area contributed by atoms with Crippen LogP contribution in [0.25, 0.3) is 0 Å². The molecule has 1 aromatic rings. The molecular formula is C16H25O. The molecule has 0 N–H and O–H groups in total. The number of rotatable bonds is 7. The number of hydrogen-bond donors (Lipinski definition) is 0. The van der Waals surface area contributed by atoms with E-state index >= 15 is 0 Å². The Kier molecular flexibility index (Phi) is 6.10. The largest absolute Gasteiger partial charge is 0.497 e. The van der Waals surface area contributed by atoms with Crippen molar-refractivity contribution in [2.45, 2.75) is 39.5 Å². The van der Waals surface area contributed by atoms with E-state index in [0.717, 1.165) is 18.1 Å². The zero-order chi connectivity index (χ0) is 12.7. The predicted octanol–water partition coefficient (Wildman–Crippen LogP) is 4.51. The van der Waals surface area contributed by atoms with Gasteiger partial charge in [0.1, 0.15) is 5.75 Å². The second-order valence-corrected chi connectivity index (χ2v) is 5.24. The van der Waals surface area contributed by atoms with Gasteiger partial charge in [-0.1, -0.05) is 39.3 Å². The SMILES string of the molecule is [CH2]C(CCCc1ccc(OC)cc1)CC(C)C. The minimum atomic E-state index is 0.605. The first-order valence-electron chi connectivity index (χ1n) is 6.57. The Bertz CT molecular complexity index is 300. The van der Waals surface area contributed by atoms with Gasteiger partial charge in [-0.05, 0) is 48.8 Å². The van der Waals surface area contributed by atoms with Crippen molar-refractivity contribution >= 4 is 0 Å². The summed E-state index contributed by atoms with van der Waals surface area (Å²) in [5, 5.41) is 0. The van der Waals surface area contributed by atoms with E-state index < -0.39 is 0 Å². The molecule has 0 fully saturated rings. The summed E-state index contributed by atoms with van der Waals surface area (Å²) >= 11 is 0. The van der Waals surface area contributed by atoms with Gasteiger partial charge < -0.3 is 4.74 Å². The lowest BCUT2D eigenvalue weighted by Crippen LogP contribution is -2.01. The summed E-state index contributed by atoms with van der Waals surface area (Å²) in [6.07, 6.45) is 4.84. The molecule has 0 bridgehead atoms. The summed E-state index contributed by atoms with van der Waals surface area (Å²) in [6.45, 7) is 8.75. The van der Waals surface area contributed by atoms with E-state index in [1.165, 1.54) is 24.8 Å². The van der Waals surface area contributed by atoms with Gasteiger partial charge in [-0.25, -0.2) is 0 Å². The van der Waals surface area contributed by atoms with Gasteiger partial charge in [0.25, 0.3) is 0 Å². The zero-order valence-electron chi connectivity index (χ0n) is 11.4. The lowest BCUT2D eigenvalue weighted by atomic mass is 9.93. The molecule has 1 atom stereocenters. The number of hydrogen-bond acceptors (Lipinski definition) is 1. The van der Waals surface area contributed by atoms with Crippen LogP contribution in [0.3, 0.4) is 0 Å². The zero-order valence-corrected chi connectivity index (χ0v) is 11.4. The maximum Gasteiger partial charge on any atom is 0.118 e. The van der Waals surface area contributed by atoms with Crippen molar-refractivity contribution in [2.24, 2.45) is 11.8 Å². The smallest absolute Gasteiger partial charge is 0.118 e. The third-order valence-electron chi connectivity index (χ3n) is 3.04. The summed E-state index contributed by atoms with van der Waals surface area (Å²) in [6, 6.07) is 8.37. The van der Waals surface area contributed by atoms with Crippen LogP contribution < -0.4 is 4.74 Å². The van der Waals surface area contributed by atoms with Gasteiger partial charge in [-0.2, -0.15) is 0 Å². The third kappa shape index (κ3) is 5.76. The van der Waals surface area contributed by atoms with Crippen LogP contribution in [0, 0.1) is 18.8 Å². The molecule has 1 radical (unpaired) electrons. The van der Waals surface area contributed by atoms with Crippen LogP contribution in [-0.2, 0) is 6.42 Å². The molecule has 17 heavy (non-hydrogen) atoms. The molecule has 1 rings (SSSR count). The first-order valence-corrected chi connectivity index (χ1v) is 6.57. The second-order valence-electron chi connectivity index (χ2n) is 5.24. The van der Waals surface area contributed by atoms with Crippen molar-refractivity contribution < 1.29 is 4.74 Å². The molecule has 0 aliphatic rings. The monoisotopic (exact) mass is 233 g/mol. The normalized spacial score (nSPS) is 12.8. The van der Waals surface area contributed by atoms with Gasteiger partial charge in [-0.3, -0.25) is 0 Å². The highest BCUT2D eigenvalue weighted by molar-refractivity contribution is 5.27. The van der Waals surface area contributed by atoms with Gasteiger partial charge in [0.15, 0.2) is 0 Å².